The number of nitrogens with one attached hydrogen (secondary N) is 2. The first-order valence-corrected chi connectivity index (χ1v) is 10.5. The summed E-state index contributed by atoms with van der Waals surface area (Å²) in [6.45, 7) is 0.157. The molecule has 10 nitrogen and oxygen atoms in total. The molecule has 1 aromatic carbocycles. The molecule has 4 rings (SSSR count). The van der Waals surface area contributed by atoms with Crippen molar-refractivity contribution in [2.45, 2.75) is 31.2 Å². The summed E-state index contributed by atoms with van der Waals surface area (Å²) in [4.78, 5) is 43.7. The normalized spacial score (nSPS) is 22.2. The summed E-state index contributed by atoms with van der Waals surface area (Å²) in [5.41, 5.74) is 0.0674. The molecule has 0 radical (unpaired) electrons. The zero-order valence-corrected chi connectivity index (χ0v) is 18.3. The minimum atomic E-state index is -0.996. The number of ether oxygens (including phenoxy) is 1. The fourth-order valence-electron chi connectivity index (χ4n) is 3.76. The molecular weight excluding hydrogens is 457 g/mol. The van der Waals surface area contributed by atoms with Crippen molar-refractivity contribution in [2.75, 3.05) is 29.2 Å². The Morgan fingerprint density at radius 1 is 1.27 bits per heavy atom. The van der Waals surface area contributed by atoms with E-state index >= 15 is 0 Å². The number of pyridine rings is 1. The van der Waals surface area contributed by atoms with Crippen LogP contribution in [0.1, 0.15) is 12.8 Å². The molecule has 3 unspecified atom stereocenters. The van der Waals surface area contributed by atoms with Crippen molar-refractivity contribution in [3.8, 4) is 0 Å². The SMILES string of the molecule is COC1CC(C(=O)Nc2ccc(N3C(=O)CC3O)cc2F)N(C(=O)Nc2ccc(Cl)cn2)C1. The Bertz CT molecular complexity index is 1090. The smallest absolute Gasteiger partial charge is 0.323 e. The maximum atomic E-state index is 14.6. The molecule has 3 heterocycles. The second-order valence-electron chi connectivity index (χ2n) is 7.66. The number of carbonyl (C=O) groups is 3. The summed E-state index contributed by atoms with van der Waals surface area (Å²) in [7, 11) is 1.48. The molecule has 2 saturated heterocycles. The number of benzene rings is 1. The van der Waals surface area contributed by atoms with Crippen LogP contribution in [-0.4, -0.2) is 64.9 Å². The first-order valence-electron chi connectivity index (χ1n) is 10.1. The first-order chi connectivity index (χ1) is 15.8. The Labute approximate surface area is 193 Å². The number of methoxy groups -OCH3 is 1. The maximum absolute atomic E-state index is 14.6. The van der Waals surface area contributed by atoms with E-state index in [0.29, 0.717) is 5.02 Å². The molecule has 2 aliphatic heterocycles. The van der Waals surface area contributed by atoms with E-state index in [1.165, 1.54) is 36.4 Å². The van der Waals surface area contributed by atoms with Crippen LogP contribution in [0, 0.1) is 5.82 Å². The minimum Gasteiger partial charge on any atom is -0.380 e. The van der Waals surface area contributed by atoms with Gasteiger partial charge in [-0.15, -0.1) is 0 Å². The number of aromatic nitrogens is 1. The molecule has 0 bridgehead atoms. The lowest BCUT2D eigenvalue weighted by Gasteiger charge is -2.36. The molecule has 2 aliphatic rings. The van der Waals surface area contributed by atoms with Crippen molar-refractivity contribution in [1.29, 1.82) is 0 Å². The number of nitrogens with zero attached hydrogens (tertiary/aromatic N) is 3. The van der Waals surface area contributed by atoms with Gasteiger partial charge in [-0.1, -0.05) is 11.6 Å². The summed E-state index contributed by atoms with van der Waals surface area (Å²) in [6.07, 6.45) is 0.201. The van der Waals surface area contributed by atoms with Crippen LogP contribution in [0.3, 0.4) is 0 Å². The quantitative estimate of drug-likeness (QED) is 0.567. The number of hydrogen-bond donors (Lipinski definition) is 3. The van der Waals surface area contributed by atoms with E-state index < -0.39 is 30.0 Å². The maximum Gasteiger partial charge on any atom is 0.323 e. The number of aliphatic hydroxyl groups excluding tert-OH is 1. The summed E-state index contributed by atoms with van der Waals surface area (Å²) in [5, 5.41) is 15.2. The Hall–Kier alpha value is -3.28. The van der Waals surface area contributed by atoms with Crippen molar-refractivity contribution in [3.05, 3.63) is 47.4 Å². The van der Waals surface area contributed by atoms with Crippen LogP contribution in [0.4, 0.5) is 26.4 Å². The number of urea groups is 1. The van der Waals surface area contributed by atoms with Crippen molar-refractivity contribution >= 4 is 46.6 Å². The highest BCUT2D eigenvalue weighted by Gasteiger charge is 2.40. The van der Waals surface area contributed by atoms with Gasteiger partial charge < -0.3 is 20.1 Å². The lowest BCUT2D eigenvalue weighted by molar-refractivity contribution is -0.129. The lowest BCUT2D eigenvalue weighted by atomic mass is 10.1. The molecule has 4 amide bonds. The van der Waals surface area contributed by atoms with Crippen molar-refractivity contribution in [3.63, 3.8) is 0 Å². The van der Waals surface area contributed by atoms with Crippen LogP contribution < -0.4 is 15.5 Å². The third kappa shape index (κ3) is 4.75. The molecule has 3 atom stereocenters. The highest BCUT2D eigenvalue weighted by atomic mass is 35.5. The zero-order valence-electron chi connectivity index (χ0n) is 17.5. The van der Waals surface area contributed by atoms with Gasteiger partial charge in [0, 0.05) is 32.0 Å². The number of carbonyl (C=O) groups excluding carboxylic acids is 3. The highest BCUT2D eigenvalue weighted by molar-refractivity contribution is 6.30. The van der Waals surface area contributed by atoms with Gasteiger partial charge in [0.2, 0.25) is 11.8 Å². The molecule has 1 aromatic heterocycles. The molecular formula is C21H21ClFN5O5. The van der Waals surface area contributed by atoms with Crippen molar-refractivity contribution in [2.24, 2.45) is 0 Å². The van der Waals surface area contributed by atoms with Crippen LogP contribution in [-0.2, 0) is 14.3 Å². The average Bonchev–Trinajstić information content (AvgIpc) is 3.22. The van der Waals surface area contributed by atoms with E-state index in [0.717, 1.165) is 11.0 Å². The van der Waals surface area contributed by atoms with Gasteiger partial charge in [0.05, 0.1) is 23.2 Å². The largest absolute Gasteiger partial charge is 0.380 e. The van der Waals surface area contributed by atoms with E-state index in [9.17, 15) is 23.9 Å². The van der Waals surface area contributed by atoms with E-state index in [4.69, 9.17) is 16.3 Å². The van der Waals surface area contributed by atoms with Gasteiger partial charge in [-0.05, 0) is 30.3 Å². The predicted octanol–water partition coefficient (Wildman–Crippen LogP) is 2.19. The lowest BCUT2D eigenvalue weighted by Crippen LogP contribution is -2.52. The molecule has 0 aliphatic carbocycles. The molecule has 3 N–H and O–H groups in total. The van der Waals surface area contributed by atoms with Gasteiger partial charge in [-0.25, -0.2) is 14.2 Å². The van der Waals surface area contributed by atoms with Crippen molar-refractivity contribution in [1.82, 2.24) is 9.88 Å². The number of β-lactam (4-membered cyclic amide) rings is 1. The number of hydrogen-bond acceptors (Lipinski definition) is 6. The van der Waals surface area contributed by atoms with Crippen LogP contribution in [0.2, 0.25) is 5.02 Å². The molecule has 2 aromatic rings. The van der Waals surface area contributed by atoms with Crippen LogP contribution in [0.15, 0.2) is 36.5 Å². The fraction of sp³-hybridized carbons (Fsp3) is 0.333. The van der Waals surface area contributed by atoms with Gasteiger partial charge in [0.15, 0.2) is 0 Å². The Morgan fingerprint density at radius 2 is 2.06 bits per heavy atom. The Balaban J connectivity index is 1.46. The van der Waals surface area contributed by atoms with Crippen LogP contribution in [0.25, 0.3) is 0 Å². The van der Waals surface area contributed by atoms with E-state index in [2.05, 4.69) is 15.6 Å². The van der Waals surface area contributed by atoms with Crippen LogP contribution in [0.5, 0.6) is 0 Å². The van der Waals surface area contributed by atoms with Gasteiger partial charge in [-0.3, -0.25) is 19.8 Å². The van der Waals surface area contributed by atoms with Gasteiger partial charge >= 0.3 is 6.03 Å². The van der Waals surface area contributed by atoms with Gasteiger partial charge in [0.25, 0.3) is 0 Å². The third-order valence-corrected chi connectivity index (χ3v) is 5.76. The fourth-order valence-corrected chi connectivity index (χ4v) is 3.87. The molecule has 0 spiro atoms. The summed E-state index contributed by atoms with van der Waals surface area (Å²) in [5.74, 6) is -1.45. The summed E-state index contributed by atoms with van der Waals surface area (Å²) < 4.78 is 19.9. The first kappa shape index (κ1) is 22.9. The zero-order chi connectivity index (χ0) is 23.7. The number of rotatable bonds is 5. The average molecular weight is 478 g/mol. The molecule has 0 saturated carbocycles. The van der Waals surface area contributed by atoms with Crippen LogP contribution >= 0.6 is 11.6 Å². The second-order valence-corrected chi connectivity index (χ2v) is 8.09. The van der Waals surface area contributed by atoms with E-state index in [1.807, 2.05) is 0 Å². The topological polar surface area (TPSA) is 124 Å². The molecule has 12 heteroatoms. The van der Waals surface area contributed by atoms with E-state index in [1.54, 1.807) is 6.07 Å². The summed E-state index contributed by atoms with van der Waals surface area (Å²) in [6, 6.07) is 5.38. The second kappa shape index (κ2) is 9.30. The predicted molar refractivity (Wildman–Crippen MR) is 117 cm³/mol. The standard InChI is InChI=1S/C21H21ClFN5O5/c1-33-13-7-16(27(10-13)21(32)26-17-5-2-11(22)9-24-17)20(31)25-15-4-3-12(6-14(15)23)28-18(29)8-19(28)30/h2-6,9,13,16,18,29H,7-8,10H2,1H3,(H,25,31)(H,24,26,32). The number of amides is 4. The Kier molecular flexibility index (Phi) is 6.45. The summed E-state index contributed by atoms with van der Waals surface area (Å²) >= 11 is 5.80. The Morgan fingerprint density at radius 3 is 2.67 bits per heavy atom. The highest BCUT2D eigenvalue weighted by Crippen LogP contribution is 2.30. The molecule has 174 valence electrons. The number of halogens is 2. The number of likely N-dealkylation sites (tertiary alicyclic amines) is 1. The monoisotopic (exact) mass is 477 g/mol. The van der Waals surface area contributed by atoms with Gasteiger partial charge in [0.1, 0.15) is 23.9 Å². The number of aliphatic hydroxyl groups is 1. The molecule has 2 fully saturated rings. The number of anilines is 3. The van der Waals surface area contributed by atoms with Gasteiger partial charge in [-0.2, -0.15) is 0 Å². The van der Waals surface area contributed by atoms with Crippen molar-refractivity contribution < 1.29 is 28.6 Å². The van der Waals surface area contributed by atoms with E-state index in [-0.39, 0.29) is 48.6 Å². The molecule has 33 heavy (non-hydrogen) atoms. The third-order valence-electron chi connectivity index (χ3n) is 5.53. The minimum absolute atomic E-state index is 0.0219.